The number of nitrogens with one attached hydrogen (secondary N) is 2. The van der Waals surface area contributed by atoms with E-state index in [9.17, 15) is 0 Å². The van der Waals surface area contributed by atoms with Crippen LogP contribution >= 0.6 is 0 Å². The highest BCUT2D eigenvalue weighted by molar-refractivity contribution is 5.64. The summed E-state index contributed by atoms with van der Waals surface area (Å²) in [6.07, 6.45) is 2.80. The Balaban J connectivity index is 2.09. The third-order valence-electron chi connectivity index (χ3n) is 3.42. The van der Waals surface area contributed by atoms with Crippen molar-refractivity contribution in [2.75, 3.05) is 6.54 Å². The number of aromatic nitrogens is 4. The maximum atomic E-state index is 4.47. The minimum absolute atomic E-state index is 0.145. The van der Waals surface area contributed by atoms with E-state index >= 15 is 0 Å². The summed E-state index contributed by atoms with van der Waals surface area (Å²) in [7, 11) is 1.97. The lowest BCUT2D eigenvalue weighted by molar-refractivity contribution is 0.427. The van der Waals surface area contributed by atoms with Gasteiger partial charge in [0.25, 0.3) is 0 Å². The molecule has 110 valence electrons. The standard InChI is InChI=1S/C15H25N5/c1-10-14(11(2)20(6)19-10)12-9-16-13(18-12)7-8-17-15(3,4)5/h9,17H,7-8H2,1-6H3,(H,16,18). The first-order chi connectivity index (χ1) is 9.28. The average molecular weight is 275 g/mol. The number of H-pyrrole nitrogens is 1. The molecular weight excluding hydrogens is 250 g/mol. The lowest BCUT2D eigenvalue weighted by Gasteiger charge is -2.19. The molecule has 0 bridgehead atoms. The van der Waals surface area contributed by atoms with Crippen molar-refractivity contribution in [3.63, 3.8) is 0 Å². The molecule has 0 aliphatic rings. The van der Waals surface area contributed by atoms with Crippen molar-refractivity contribution in [2.45, 2.75) is 46.6 Å². The molecular formula is C15H25N5. The largest absolute Gasteiger partial charge is 0.342 e. The molecule has 0 atom stereocenters. The Labute approximate surface area is 120 Å². The Morgan fingerprint density at radius 3 is 2.55 bits per heavy atom. The fraction of sp³-hybridized carbons (Fsp3) is 0.600. The summed E-state index contributed by atoms with van der Waals surface area (Å²) in [5.74, 6) is 1.01. The molecule has 0 aromatic carbocycles. The maximum absolute atomic E-state index is 4.47. The summed E-state index contributed by atoms with van der Waals surface area (Å²) < 4.78 is 1.91. The molecule has 0 saturated heterocycles. The van der Waals surface area contributed by atoms with E-state index in [0.29, 0.717) is 0 Å². The monoisotopic (exact) mass is 275 g/mol. The van der Waals surface area contributed by atoms with Gasteiger partial charge in [0, 0.05) is 36.8 Å². The predicted molar refractivity (Wildman–Crippen MR) is 81.7 cm³/mol. The van der Waals surface area contributed by atoms with Crippen LogP contribution in [0, 0.1) is 13.8 Å². The SMILES string of the molecule is Cc1nn(C)c(C)c1-c1cnc(CCNC(C)(C)C)[nH]1. The molecule has 0 amide bonds. The van der Waals surface area contributed by atoms with Crippen molar-refractivity contribution < 1.29 is 0 Å². The molecule has 0 unspecified atom stereocenters. The second kappa shape index (κ2) is 5.40. The van der Waals surface area contributed by atoms with Crippen molar-refractivity contribution in [1.82, 2.24) is 25.1 Å². The van der Waals surface area contributed by atoms with Gasteiger partial charge in [-0.3, -0.25) is 4.68 Å². The van der Waals surface area contributed by atoms with Crippen molar-refractivity contribution in [2.24, 2.45) is 7.05 Å². The number of rotatable bonds is 4. The van der Waals surface area contributed by atoms with Crippen LogP contribution in [0.5, 0.6) is 0 Å². The van der Waals surface area contributed by atoms with E-state index < -0.39 is 0 Å². The summed E-state index contributed by atoms with van der Waals surface area (Å²) in [5, 5.41) is 7.92. The first-order valence-electron chi connectivity index (χ1n) is 7.07. The van der Waals surface area contributed by atoms with Gasteiger partial charge in [-0.1, -0.05) is 0 Å². The number of hydrogen-bond donors (Lipinski definition) is 2. The molecule has 2 rings (SSSR count). The Morgan fingerprint density at radius 2 is 2.00 bits per heavy atom. The summed E-state index contributed by atoms with van der Waals surface area (Å²) >= 11 is 0. The van der Waals surface area contributed by atoms with Gasteiger partial charge in [-0.2, -0.15) is 5.10 Å². The van der Waals surface area contributed by atoms with Crippen molar-refractivity contribution >= 4 is 0 Å². The van der Waals surface area contributed by atoms with Gasteiger partial charge in [0.1, 0.15) is 5.82 Å². The van der Waals surface area contributed by atoms with Gasteiger partial charge in [0.05, 0.1) is 17.6 Å². The minimum Gasteiger partial charge on any atom is -0.342 e. The molecule has 0 radical (unpaired) electrons. The predicted octanol–water partition coefficient (Wildman–Crippen LogP) is 2.36. The molecule has 0 fully saturated rings. The fourth-order valence-electron chi connectivity index (χ4n) is 2.34. The fourth-order valence-corrected chi connectivity index (χ4v) is 2.34. The van der Waals surface area contributed by atoms with Gasteiger partial charge >= 0.3 is 0 Å². The zero-order chi connectivity index (χ0) is 14.9. The highest BCUT2D eigenvalue weighted by atomic mass is 15.3. The molecule has 2 aromatic rings. The normalized spacial score (nSPS) is 12.1. The van der Waals surface area contributed by atoms with Gasteiger partial charge in [0.2, 0.25) is 0 Å². The maximum Gasteiger partial charge on any atom is 0.107 e. The molecule has 0 aliphatic heterocycles. The van der Waals surface area contributed by atoms with Crippen LogP contribution in [0.3, 0.4) is 0 Å². The average Bonchev–Trinajstić information content (AvgIpc) is 2.84. The van der Waals surface area contributed by atoms with E-state index in [1.54, 1.807) is 0 Å². The van der Waals surface area contributed by atoms with Crippen molar-refractivity contribution in [3.8, 4) is 11.3 Å². The van der Waals surface area contributed by atoms with Gasteiger partial charge in [-0.15, -0.1) is 0 Å². The van der Waals surface area contributed by atoms with Crippen molar-refractivity contribution in [3.05, 3.63) is 23.4 Å². The number of aromatic amines is 1. The van der Waals surface area contributed by atoms with E-state index in [2.05, 4.69) is 48.1 Å². The van der Waals surface area contributed by atoms with Gasteiger partial charge in [-0.25, -0.2) is 4.98 Å². The molecule has 2 heterocycles. The molecule has 5 heteroatoms. The van der Waals surface area contributed by atoms with Gasteiger partial charge in [0.15, 0.2) is 0 Å². The van der Waals surface area contributed by atoms with Gasteiger partial charge in [-0.05, 0) is 34.6 Å². The molecule has 5 nitrogen and oxygen atoms in total. The van der Waals surface area contributed by atoms with E-state index in [-0.39, 0.29) is 5.54 Å². The summed E-state index contributed by atoms with van der Waals surface area (Å²) in [6.45, 7) is 11.5. The molecule has 0 saturated carbocycles. The van der Waals surface area contributed by atoms with E-state index in [4.69, 9.17) is 0 Å². The zero-order valence-corrected chi connectivity index (χ0v) is 13.3. The number of nitrogens with zero attached hydrogens (tertiary/aromatic N) is 3. The zero-order valence-electron chi connectivity index (χ0n) is 13.3. The van der Waals surface area contributed by atoms with Crippen LogP contribution in [-0.2, 0) is 13.5 Å². The molecule has 0 aliphatic carbocycles. The number of hydrogen-bond acceptors (Lipinski definition) is 3. The lowest BCUT2D eigenvalue weighted by Crippen LogP contribution is -2.37. The van der Waals surface area contributed by atoms with Crippen LogP contribution in [0.15, 0.2) is 6.20 Å². The lowest BCUT2D eigenvalue weighted by atomic mass is 10.1. The first kappa shape index (κ1) is 14.8. The Kier molecular flexibility index (Phi) is 3.99. The molecule has 2 aromatic heterocycles. The van der Waals surface area contributed by atoms with Gasteiger partial charge < -0.3 is 10.3 Å². The molecule has 2 N–H and O–H groups in total. The Bertz CT molecular complexity index is 586. The van der Waals surface area contributed by atoms with E-state index in [1.807, 2.05) is 24.9 Å². The third-order valence-corrected chi connectivity index (χ3v) is 3.42. The first-order valence-corrected chi connectivity index (χ1v) is 7.07. The summed E-state index contributed by atoms with van der Waals surface area (Å²) in [5.41, 5.74) is 4.55. The van der Waals surface area contributed by atoms with E-state index in [1.165, 1.54) is 0 Å². The quantitative estimate of drug-likeness (QED) is 0.900. The number of aryl methyl sites for hydroxylation is 2. The second-order valence-corrected chi connectivity index (χ2v) is 6.34. The third kappa shape index (κ3) is 3.28. The molecule has 0 spiro atoms. The highest BCUT2D eigenvalue weighted by Gasteiger charge is 2.14. The minimum atomic E-state index is 0.145. The van der Waals surface area contributed by atoms with Crippen LogP contribution in [0.1, 0.15) is 38.0 Å². The second-order valence-electron chi connectivity index (χ2n) is 6.34. The van der Waals surface area contributed by atoms with Crippen molar-refractivity contribution in [1.29, 1.82) is 0 Å². The van der Waals surface area contributed by atoms with Crippen LogP contribution in [0.25, 0.3) is 11.3 Å². The Hall–Kier alpha value is -1.62. The van der Waals surface area contributed by atoms with Crippen LogP contribution in [0.4, 0.5) is 0 Å². The Morgan fingerprint density at radius 1 is 1.30 bits per heavy atom. The number of imidazole rings is 1. The van der Waals surface area contributed by atoms with Crippen LogP contribution in [-0.4, -0.2) is 31.8 Å². The van der Waals surface area contributed by atoms with E-state index in [0.717, 1.165) is 41.4 Å². The summed E-state index contributed by atoms with van der Waals surface area (Å²) in [6, 6.07) is 0. The topological polar surface area (TPSA) is 58.5 Å². The van der Waals surface area contributed by atoms with Crippen LogP contribution < -0.4 is 5.32 Å². The smallest absolute Gasteiger partial charge is 0.107 e. The highest BCUT2D eigenvalue weighted by Crippen LogP contribution is 2.24. The summed E-state index contributed by atoms with van der Waals surface area (Å²) in [4.78, 5) is 7.88. The molecule has 20 heavy (non-hydrogen) atoms. The van der Waals surface area contributed by atoms with Crippen LogP contribution in [0.2, 0.25) is 0 Å².